The molecule has 0 aliphatic carbocycles. The Morgan fingerprint density at radius 1 is 0.815 bits per heavy atom. The number of benzene rings is 1. The zero-order chi connectivity index (χ0) is 20.7. The maximum atomic E-state index is 11.1. The molecule has 156 valence electrons. The van der Waals surface area contributed by atoms with E-state index in [1.807, 2.05) is 0 Å². The lowest BCUT2D eigenvalue weighted by Gasteiger charge is -2.32. The normalized spacial score (nSPS) is 12.8. The van der Waals surface area contributed by atoms with Crippen molar-refractivity contribution in [3.05, 3.63) is 28.8 Å². The maximum Gasteiger partial charge on any atom is 0.123 e. The predicted molar refractivity (Wildman–Crippen MR) is 113 cm³/mol. The van der Waals surface area contributed by atoms with Gasteiger partial charge >= 0.3 is 0 Å². The summed E-state index contributed by atoms with van der Waals surface area (Å²) in [5.41, 5.74) is 3.03. The van der Waals surface area contributed by atoms with Crippen molar-refractivity contribution < 1.29 is 15.3 Å². The van der Waals surface area contributed by atoms with Crippen molar-refractivity contribution in [2.45, 2.75) is 84.6 Å². The highest BCUT2D eigenvalue weighted by Crippen LogP contribution is 2.42. The van der Waals surface area contributed by atoms with Crippen LogP contribution in [0.15, 0.2) is 12.1 Å². The fourth-order valence-electron chi connectivity index (χ4n) is 3.31. The highest BCUT2D eigenvalue weighted by Gasteiger charge is 2.29. The number of hydrogen-bond donors (Lipinski definition) is 3. The SMILES string of the molecule is CCC(C)(C)c1cc(CN(CCCO)CCCO)cc(C(C)(C)CC)c1O. The third-order valence-electron chi connectivity index (χ3n) is 6.07. The Morgan fingerprint density at radius 2 is 1.22 bits per heavy atom. The first-order valence-electron chi connectivity index (χ1n) is 10.4. The zero-order valence-corrected chi connectivity index (χ0v) is 18.3. The van der Waals surface area contributed by atoms with Gasteiger partial charge in [-0.2, -0.15) is 0 Å². The van der Waals surface area contributed by atoms with E-state index in [0.717, 1.165) is 56.4 Å². The van der Waals surface area contributed by atoms with Crippen LogP contribution in [0.25, 0.3) is 0 Å². The molecular formula is C23H41NO3. The molecule has 27 heavy (non-hydrogen) atoms. The largest absolute Gasteiger partial charge is 0.507 e. The Bertz CT molecular complexity index is 536. The summed E-state index contributed by atoms with van der Waals surface area (Å²) in [4.78, 5) is 2.28. The summed E-state index contributed by atoms with van der Waals surface area (Å²) in [6.45, 7) is 15.8. The van der Waals surface area contributed by atoms with Crippen molar-refractivity contribution in [2.75, 3.05) is 26.3 Å². The van der Waals surface area contributed by atoms with Crippen molar-refractivity contribution in [3.8, 4) is 5.75 Å². The average molecular weight is 380 g/mol. The van der Waals surface area contributed by atoms with Crippen LogP contribution < -0.4 is 0 Å². The lowest BCUT2D eigenvalue weighted by atomic mass is 9.74. The van der Waals surface area contributed by atoms with Gasteiger partial charge in [-0.3, -0.25) is 4.90 Å². The molecule has 1 aromatic carbocycles. The Balaban J connectivity index is 3.35. The number of aliphatic hydroxyl groups excluding tert-OH is 2. The second-order valence-corrected chi connectivity index (χ2v) is 8.94. The lowest BCUT2D eigenvalue weighted by molar-refractivity contribution is 0.196. The standard InChI is InChI=1S/C23H41NO3/c1-7-22(3,4)19-15-18(16-20(21(19)27)23(5,6)8-2)17-24(11-9-13-25)12-10-14-26/h15-16,25-27H,7-14,17H2,1-6H3. The Labute approximate surface area is 166 Å². The number of rotatable bonds is 12. The lowest BCUT2D eigenvalue weighted by Crippen LogP contribution is -2.28. The van der Waals surface area contributed by atoms with Gasteiger partial charge in [0, 0.05) is 44.0 Å². The highest BCUT2D eigenvalue weighted by molar-refractivity contribution is 5.50. The highest BCUT2D eigenvalue weighted by atomic mass is 16.3. The summed E-state index contributed by atoms with van der Waals surface area (Å²) in [7, 11) is 0. The van der Waals surface area contributed by atoms with Crippen LogP contribution in [-0.4, -0.2) is 46.5 Å². The molecule has 0 heterocycles. The molecule has 1 aromatic rings. The molecule has 0 bridgehead atoms. The van der Waals surface area contributed by atoms with Crippen LogP contribution in [0.4, 0.5) is 0 Å². The van der Waals surface area contributed by atoms with Gasteiger partial charge in [0.1, 0.15) is 5.75 Å². The summed E-state index contributed by atoms with van der Waals surface area (Å²) in [5.74, 6) is 0.440. The van der Waals surface area contributed by atoms with Crippen LogP contribution in [-0.2, 0) is 17.4 Å². The van der Waals surface area contributed by atoms with Gasteiger partial charge in [0.2, 0.25) is 0 Å². The molecule has 0 fully saturated rings. The van der Waals surface area contributed by atoms with Crippen LogP contribution in [0.5, 0.6) is 5.75 Å². The van der Waals surface area contributed by atoms with E-state index in [4.69, 9.17) is 0 Å². The number of aromatic hydroxyl groups is 1. The van der Waals surface area contributed by atoms with Gasteiger partial charge in [0.05, 0.1) is 0 Å². The number of aliphatic hydroxyl groups is 2. The molecule has 0 aliphatic rings. The molecule has 1 rings (SSSR count). The van der Waals surface area contributed by atoms with Gasteiger partial charge in [-0.25, -0.2) is 0 Å². The van der Waals surface area contributed by atoms with Crippen molar-refractivity contribution in [1.29, 1.82) is 0 Å². The average Bonchev–Trinajstić information content (AvgIpc) is 2.64. The van der Waals surface area contributed by atoms with E-state index in [1.165, 1.54) is 5.56 Å². The molecule has 0 amide bonds. The van der Waals surface area contributed by atoms with Crippen molar-refractivity contribution in [1.82, 2.24) is 4.90 Å². The molecule has 0 atom stereocenters. The van der Waals surface area contributed by atoms with Gasteiger partial charge in [-0.05, 0) is 42.1 Å². The minimum Gasteiger partial charge on any atom is -0.507 e. The van der Waals surface area contributed by atoms with Gasteiger partial charge in [-0.15, -0.1) is 0 Å². The zero-order valence-electron chi connectivity index (χ0n) is 18.3. The van der Waals surface area contributed by atoms with Gasteiger partial charge in [0.25, 0.3) is 0 Å². The van der Waals surface area contributed by atoms with Crippen LogP contribution in [0.2, 0.25) is 0 Å². The summed E-state index contributed by atoms with van der Waals surface area (Å²) in [6.07, 6.45) is 3.36. The minimum absolute atomic E-state index is 0.0975. The van der Waals surface area contributed by atoms with Crippen LogP contribution >= 0.6 is 0 Å². The van der Waals surface area contributed by atoms with Crippen molar-refractivity contribution in [2.24, 2.45) is 0 Å². The smallest absolute Gasteiger partial charge is 0.123 e. The number of phenolic OH excluding ortho intramolecular Hbond substituents is 1. The Morgan fingerprint density at radius 3 is 1.56 bits per heavy atom. The maximum absolute atomic E-state index is 11.1. The molecule has 0 spiro atoms. The fraction of sp³-hybridized carbons (Fsp3) is 0.739. The predicted octanol–water partition coefficient (Wildman–Crippen LogP) is 4.33. The number of nitrogens with zero attached hydrogens (tertiary/aromatic N) is 1. The van der Waals surface area contributed by atoms with E-state index in [-0.39, 0.29) is 24.0 Å². The van der Waals surface area contributed by atoms with Gasteiger partial charge < -0.3 is 15.3 Å². The van der Waals surface area contributed by atoms with E-state index in [0.29, 0.717) is 5.75 Å². The van der Waals surface area contributed by atoms with E-state index in [2.05, 4.69) is 58.6 Å². The first kappa shape index (κ1) is 23.9. The Hall–Kier alpha value is -1.10. The van der Waals surface area contributed by atoms with E-state index < -0.39 is 0 Å². The molecule has 0 aliphatic heterocycles. The van der Waals surface area contributed by atoms with Gasteiger partial charge in [-0.1, -0.05) is 53.7 Å². The second kappa shape index (κ2) is 10.4. The first-order chi connectivity index (χ1) is 12.6. The molecule has 0 aromatic heterocycles. The summed E-state index contributed by atoms with van der Waals surface area (Å²) < 4.78 is 0. The van der Waals surface area contributed by atoms with E-state index in [9.17, 15) is 15.3 Å². The summed E-state index contributed by atoms with van der Waals surface area (Å²) >= 11 is 0. The van der Waals surface area contributed by atoms with Crippen LogP contribution in [0.1, 0.15) is 83.9 Å². The van der Waals surface area contributed by atoms with E-state index in [1.54, 1.807) is 0 Å². The van der Waals surface area contributed by atoms with E-state index >= 15 is 0 Å². The van der Waals surface area contributed by atoms with Crippen LogP contribution in [0, 0.1) is 0 Å². The second-order valence-electron chi connectivity index (χ2n) is 8.94. The van der Waals surface area contributed by atoms with Crippen molar-refractivity contribution in [3.63, 3.8) is 0 Å². The summed E-state index contributed by atoms with van der Waals surface area (Å²) in [5, 5.41) is 29.5. The quantitative estimate of drug-likeness (QED) is 0.506. The third-order valence-corrected chi connectivity index (χ3v) is 6.07. The Kier molecular flexibility index (Phi) is 9.26. The topological polar surface area (TPSA) is 63.9 Å². The molecule has 0 saturated carbocycles. The summed E-state index contributed by atoms with van der Waals surface area (Å²) in [6, 6.07) is 4.30. The fourth-order valence-corrected chi connectivity index (χ4v) is 3.31. The van der Waals surface area contributed by atoms with Gasteiger partial charge in [0.15, 0.2) is 0 Å². The van der Waals surface area contributed by atoms with Crippen LogP contribution in [0.3, 0.4) is 0 Å². The first-order valence-corrected chi connectivity index (χ1v) is 10.4. The monoisotopic (exact) mass is 379 g/mol. The number of hydrogen-bond acceptors (Lipinski definition) is 4. The molecule has 4 nitrogen and oxygen atoms in total. The molecular weight excluding hydrogens is 338 g/mol. The number of phenols is 1. The minimum atomic E-state index is -0.0975. The molecule has 4 heteroatoms. The molecule has 0 unspecified atom stereocenters. The third kappa shape index (κ3) is 6.48. The molecule has 0 saturated heterocycles. The van der Waals surface area contributed by atoms with Crippen molar-refractivity contribution >= 4 is 0 Å². The molecule has 3 N–H and O–H groups in total. The molecule has 0 radical (unpaired) electrons.